The van der Waals surface area contributed by atoms with Gasteiger partial charge in [0.25, 0.3) is 5.91 Å². The maximum atomic E-state index is 13.4. The van der Waals surface area contributed by atoms with Crippen molar-refractivity contribution in [3.63, 3.8) is 0 Å². The molecular weight excluding hydrogens is 259 g/mol. The summed E-state index contributed by atoms with van der Waals surface area (Å²) >= 11 is 0. The van der Waals surface area contributed by atoms with Crippen LogP contribution in [0, 0.1) is 11.7 Å². The third kappa shape index (κ3) is 2.93. The molecular formula is C15H21FN2O2. The van der Waals surface area contributed by atoms with Crippen LogP contribution in [0.1, 0.15) is 30.1 Å². The summed E-state index contributed by atoms with van der Waals surface area (Å²) in [6.45, 7) is 3.32. The molecule has 2 N–H and O–H groups in total. The molecule has 20 heavy (non-hydrogen) atoms. The van der Waals surface area contributed by atoms with E-state index < -0.39 is 5.82 Å². The number of hydrogen-bond donors (Lipinski definition) is 1. The molecule has 1 aromatic rings. The predicted molar refractivity (Wildman–Crippen MR) is 75.2 cm³/mol. The molecule has 0 spiro atoms. The molecule has 1 heterocycles. The van der Waals surface area contributed by atoms with Gasteiger partial charge in [0.2, 0.25) is 0 Å². The fourth-order valence-electron chi connectivity index (χ4n) is 2.70. The number of ether oxygens (including phenoxy) is 1. The quantitative estimate of drug-likeness (QED) is 0.921. The molecule has 0 saturated carbocycles. The number of benzene rings is 1. The highest BCUT2D eigenvalue weighted by Crippen LogP contribution is 2.25. The minimum atomic E-state index is -0.466. The zero-order valence-corrected chi connectivity index (χ0v) is 11.9. The highest BCUT2D eigenvalue weighted by atomic mass is 19.1. The minimum Gasteiger partial charge on any atom is -0.494 e. The van der Waals surface area contributed by atoms with E-state index in [1.807, 2.05) is 0 Å². The van der Waals surface area contributed by atoms with Gasteiger partial charge in [0.1, 0.15) is 0 Å². The van der Waals surface area contributed by atoms with Gasteiger partial charge >= 0.3 is 0 Å². The zero-order valence-electron chi connectivity index (χ0n) is 11.9. The number of nitrogens with zero attached hydrogens (tertiary/aromatic N) is 1. The van der Waals surface area contributed by atoms with Gasteiger partial charge < -0.3 is 15.4 Å². The van der Waals surface area contributed by atoms with Gasteiger partial charge in [-0.3, -0.25) is 4.79 Å². The van der Waals surface area contributed by atoms with E-state index in [9.17, 15) is 9.18 Å². The van der Waals surface area contributed by atoms with Crippen LogP contribution in [0.2, 0.25) is 0 Å². The molecule has 2 atom stereocenters. The van der Waals surface area contributed by atoms with Gasteiger partial charge in [-0.1, -0.05) is 6.92 Å². The molecule has 1 aliphatic heterocycles. The molecule has 1 aromatic carbocycles. The van der Waals surface area contributed by atoms with E-state index in [4.69, 9.17) is 10.5 Å². The van der Waals surface area contributed by atoms with Crippen LogP contribution in [0.25, 0.3) is 0 Å². The van der Waals surface area contributed by atoms with Gasteiger partial charge in [0, 0.05) is 24.7 Å². The summed E-state index contributed by atoms with van der Waals surface area (Å²) in [5.41, 5.74) is 6.21. The number of carbonyl (C=O) groups excluding carboxylic acids is 1. The first-order valence-electron chi connectivity index (χ1n) is 6.91. The lowest BCUT2D eigenvalue weighted by Gasteiger charge is -2.38. The Kier molecular flexibility index (Phi) is 4.60. The van der Waals surface area contributed by atoms with E-state index in [1.165, 1.54) is 25.3 Å². The number of rotatable bonds is 3. The molecule has 2 rings (SSSR count). The monoisotopic (exact) mass is 280 g/mol. The van der Waals surface area contributed by atoms with E-state index >= 15 is 0 Å². The van der Waals surface area contributed by atoms with Gasteiger partial charge in [-0.15, -0.1) is 0 Å². The second-order valence-electron chi connectivity index (χ2n) is 5.37. The third-order valence-corrected chi connectivity index (χ3v) is 3.91. The van der Waals surface area contributed by atoms with Crippen molar-refractivity contribution < 1.29 is 13.9 Å². The topological polar surface area (TPSA) is 55.6 Å². The Morgan fingerprint density at radius 1 is 1.55 bits per heavy atom. The smallest absolute Gasteiger partial charge is 0.254 e. The molecule has 4 nitrogen and oxygen atoms in total. The Morgan fingerprint density at radius 2 is 2.30 bits per heavy atom. The average molecular weight is 280 g/mol. The Hall–Kier alpha value is -1.62. The molecule has 1 aliphatic rings. The van der Waals surface area contributed by atoms with E-state index in [0.29, 0.717) is 24.6 Å². The van der Waals surface area contributed by atoms with E-state index in [2.05, 4.69) is 6.92 Å². The van der Waals surface area contributed by atoms with Crippen molar-refractivity contribution in [2.45, 2.75) is 25.8 Å². The zero-order chi connectivity index (χ0) is 14.7. The van der Waals surface area contributed by atoms with E-state index in [0.717, 1.165) is 12.8 Å². The van der Waals surface area contributed by atoms with Crippen LogP contribution in [-0.2, 0) is 0 Å². The van der Waals surface area contributed by atoms with Gasteiger partial charge in [-0.25, -0.2) is 4.39 Å². The highest BCUT2D eigenvalue weighted by molar-refractivity contribution is 5.95. The van der Waals surface area contributed by atoms with Gasteiger partial charge in [-0.2, -0.15) is 0 Å². The van der Waals surface area contributed by atoms with Crippen LogP contribution in [-0.4, -0.2) is 37.0 Å². The standard InChI is InChI=1S/C15H21FN2O2/c1-10-5-6-18(12(7-10)9-17)15(19)11-3-4-13(16)14(8-11)20-2/h3-4,8,10,12H,5-7,9,17H2,1-2H3. The Bertz CT molecular complexity index is 493. The van der Waals surface area contributed by atoms with Crippen LogP contribution in [0.5, 0.6) is 5.75 Å². The van der Waals surface area contributed by atoms with Crippen molar-refractivity contribution in [1.82, 2.24) is 4.90 Å². The summed E-state index contributed by atoms with van der Waals surface area (Å²) in [5, 5.41) is 0. The number of carbonyl (C=O) groups is 1. The van der Waals surface area contributed by atoms with Crippen molar-refractivity contribution in [2.75, 3.05) is 20.2 Å². The van der Waals surface area contributed by atoms with Crippen LogP contribution < -0.4 is 10.5 Å². The Morgan fingerprint density at radius 3 is 2.95 bits per heavy atom. The van der Waals surface area contributed by atoms with Crippen LogP contribution in [0.15, 0.2) is 18.2 Å². The molecule has 2 unspecified atom stereocenters. The highest BCUT2D eigenvalue weighted by Gasteiger charge is 2.29. The van der Waals surface area contributed by atoms with Gasteiger partial charge in [-0.05, 0) is 37.0 Å². The molecule has 1 fully saturated rings. The van der Waals surface area contributed by atoms with Crippen molar-refractivity contribution in [2.24, 2.45) is 11.7 Å². The summed E-state index contributed by atoms with van der Waals surface area (Å²) in [7, 11) is 1.39. The number of hydrogen-bond acceptors (Lipinski definition) is 3. The fourth-order valence-corrected chi connectivity index (χ4v) is 2.70. The summed E-state index contributed by atoms with van der Waals surface area (Å²) in [6.07, 6.45) is 1.89. The lowest BCUT2D eigenvalue weighted by molar-refractivity contribution is 0.0573. The Balaban J connectivity index is 2.21. The number of nitrogens with two attached hydrogens (primary N) is 1. The molecule has 0 aromatic heterocycles. The molecule has 0 bridgehead atoms. The summed E-state index contributed by atoms with van der Waals surface area (Å²) < 4.78 is 18.3. The summed E-state index contributed by atoms with van der Waals surface area (Å²) in [5.74, 6) is 0.0956. The van der Waals surface area contributed by atoms with Crippen molar-refractivity contribution in [3.05, 3.63) is 29.6 Å². The second-order valence-corrected chi connectivity index (χ2v) is 5.37. The normalized spacial score (nSPS) is 22.7. The molecule has 110 valence electrons. The maximum Gasteiger partial charge on any atom is 0.254 e. The van der Waals surface area contributed by atoms with Crippen molar-refractivity contribution >= 4 is 5.91 Å². The lowest BCUT2D eigenvalue weighted by Crippen LogP contribution is -2.49. The second kappa shape index (κ2) is 6.22. The lowest BCUT2D eigenvalue weighted by atomic mass is 9.92. The SMILES string of the molecule is COc1cc(C(=O)N2CCC(C)CC2CN)ccc1F. The minimum absolute atomic E-state index is 0.0577. The van der Waals surface area contributed by atoms with Crippen molar-refractivity contribution in [3.8, 4) is 5.75 Å². The predicted octanol–water partition coefficient (Wildman–Crippen LogP) is 2.03. The van der Waals surface area contributed by atoms with Crippen LogP contribution in [0.3, 0.4) is 0 Å². The molecule has 0 radical (unpaired) electrons. The van der Waals surface area contributed by atoms with Gasteiger partial charge in [0.15, 0.2) is 11.6 Å². The maximum absolute atomic E-state index is 13.4. The van der Waals surface area contributed by atoms with E-state index in [1.54, 1.807) is 4.90 Å². The summed E-state index contributed by atoms with van der Waals surface area (Å²) in [4.78, 5) is 14.3. The average Bonchev–Trinajstić information content (AvgIpc) is 2.46. The number of likely N-dealkylation sites (tertiary alicyclic amines) is 1. The number of halogens is 1. The molecule has 1 amide bonds. The molecule has 5 heteroatoms. The fraction of sp³-hybridized carbons (Fsp3) is 0.533. The number of amides is 1. The van der Waals surface area contributed by atoms with Crippen LogP contribution in [0.4, 0.5) is 4.39 Å². The molecule has 0 aliphatic carbocycles. The van der Waals surface area contributed by atoms with Gasteiger partial charge in [0.05, 0.1) is 7.11 Å². The molecule has 1 saturated heterocycles. The Labute approximate surface area is 118 Å². The number of methoxy groups -OCH3 is 1. The first kappa shape index (κ1) is 14.8. The first-order valence-corrected chi connectivity index (χ1v) is 6.91. The number of piperidine rings is 1. The first-order chi connectivity index (χ1) is 9.56. The third-order valence-electron chi connectivity index (χ3n) is 3.91. The summed E-state index contributed by atoms with van der Waals surface area (Å²) in [6, 6.07) is 4.26. The largest absolute Gasteiger partial charge is 0.494 e. The van der Waals surface area contributed by atoms with Crippen molar-refractivity contribution in [1.29, 1.82) is 0 Å². The van der Waals surface area contributed by atoms with E-state index in [-0.39, 0.29) is 17.7 Å². The van der Waals surface area contributed by atoms with Crippen LogP contribution >= 0.6 is 0 Å².